The van der Waals surface area contributed by atoms with Crippen molar-refractivity contribution >= 4 is 11.7 Å². The van der Waals surface area contributed by atoms with E-state index in [1.165, 1.54) is 49.2 Å². The van der Waals surface area contributed by atoms with E-state index in [4.69, 9.17) is 4.98 Å². The number of hydrogen-bond acceptors (Lipinski definition) is 4. The fraction of sp³-hybridized carbons (Fsp3) is 0.762. The van der Waals surface area contributed by atoms with E-state index in [1.54, 1.807) is 0 Å². The summed E-state index contributed by atoms with van der Waals surface area (Å²) in [5.41, 5.74) is 2.67. The third-order valence-electron chi connectivity index (χ3n) is 7.10. The Bertz CT molecular complexity index is 698. The van der Waals surface area contributed by atoms with Crippen LogP contribution in [0.5, 0.6) is 0 Å². The first-order chi connectivity index (χ1) is 12.7. The largest absolute Gasteiger partial charge is 0.356 e. The predicted octanol–water partition coefficient (Wildman–Crippen LogP) is 2.75. The zero-order valence-corrected chi connectivity index (χ0v) is 15.9. The molecule has 2 aliphatic heterocycles. The number of anilines is 1. The third kappa shape index (κ3) is 2.89. The lowest BCUT2D eigenvalue weighted by molar-refractivity contribution is -0.131. The summed E-state index contributed by atoms with van der Waals surface area (Å²) in [7, 11) is 0. The molecule has 4 aliphatic rings. The van der Waals surface area contributed by atoms with E-state index in [9.17, 15) is 4.79 Å². The summed E-state index contributed by atoms with van der Waals surface area (Å²) in [6.45, 7) is 6.04. The van der Waals surface area contributed by atoms with Gasteiger partial charge in [-0.3, -0.25) is 4.79 Å². The van der Waals surface area contributed by atoms with Gasteiger partial charge in [-0.05, 0) is 44.9 Å². The lowest BCUT2D eigenvalue weighted by Crippen LogP contribution is -2.34. The standard InChI is InChI=1S/C21H30N4O/c1-14-22-19-8-4-7-18(19)21(23-14)25-12-16-10-24(11-17(16)13-25)20(26)9-15-5-2-3-6-15/h15-17H,2-13H2,1H3. The molecule has 1 aromatic heterocycles. The summed E-state index contributed by atoms with van der Waals surface area (Å²) in [4.78, 5) is 26.8. The third-order valence-corrected chi connectivity index (χ3v) is 7.10. The molecule has 5 nitrogen and oxygen atoms in total. The van der Waals surface area contributed by atoms with E-state index in [0.717, 1.165) is 51.3 Å². The maximum Gasteiger partial charge on any atom is 0.222 e. The average molecular weight is 354 g/mol. The van der Waals surface area contributed by atoms with Crippen LogP contribution >= 0.6 is 0 Å². The Morgan fingerprint density at radius 1 is 1.00 bits per heavy atom. The normalized spacial score (nSPS) is 28.0. The number of carbonyl (C=O) groups is 1. The predicted molar refractivity (Wildman–Crippen MR) is 101 cm³/mol. The molecule has 3 fully saturated rings. The van der Waals surface area contributed by atoms with Crippen molar-refractivity contribution in [3.63, 3.8) is 0 Å². The number of fused-ring (bicyclic) bond motifs is 2. The Morgan fingerprint density at radius 3 is 2.46 bits per heavy atom. The van der Waals surface area contributed by atoms with Crippen LogP contribution in [0.25, 0.3) is 0 Å². The van der Waals surface area contributed by atoms with Crippen LogP contribution in [0, 0.1) is 24.7 Å². The van der Waals surface area contributed by atoms with Gasteiger partial charge in [0.15, 0.2) is 0 Å². The number of aromatic nitrogens is 2. The van der Waals surface area contributed by atoms with E-state index in [1.807, 2.05) is 6.92 Å². The molecule has 1 saturated carbocycles. The minimum Gasteiger partial charge on any atom is -0.356 e. The van der Waals surface area contributed by atoms with Gasteiger partial charge >= 0.3 is 0 Å². The van der Waals surface area contributed by atoms with Crippen molar-refractivity contribution in [2.75, 3.05) is 31.1 Å². The number of rotatable bonds is 3. The highest BCUT2D eigenvalue weighted by Crippen LogP contribution is 2.37. The second-order valence-corrected chi connectivity index (χ2v) is 8.95. The number of likely N-dealkylation sites (tertiary alicyclic amines) is 1. The van der Waals surface area contributed by atoms with Gasteiger partial charge in [-0.1, -0.05) is 12.8 Å². The van der Waals surface area contributed by atoms with Gasteiger partial charge in [0.1, 0.15) is 11.6 Å². The van der Waals surface area contributed by atoms with E-state index >= 15 is 0 Å². The Hall–Kier alpha value is -1.65. The molecule has 5 rings (SSSR count). The van der Waals surface area contributed by atoms with Crippen molar-refractivity contribution in [2.24, 2.45) is 17.8 Å². The Kier molecular flexibility index (Phi) is 4.13. The molecule has 0 bridgehead atoms. The van der Waals surface area contributed by atoms with Crippen LogP contribution < -0.4 is 4.90 Å². The number of amides is 1. The highest BCUT2D eigenvalue weighted by atomic mass is 16.2. The van der Waals surface area contributed by atoms with Crippen LogP contribution in [0.15, 0.2) is 0 Å². The van der Waals surface area contributed by atoms with Crippen molar-refractivity contribution in [3.8, 4) is 0 Å². The lowest BCUT2D eigenvalue weighted by atomic mass is 10.0. The van der Waals surface area contributed by atoms with Gasteiger partial charge in [-0.25, -0.2) is 9.97 Å². The van der Waals surface area contributed by atoms with Gasteiger partial charge in [-0.2, -0.15) is 0 Å². The Morgan fingerprint density at radius 2 is 1.73 bits per heavy atom. The summed E-state index contributed by atoms with van der Waals surface area (Å²) in [6.07, 6.45) is 9.41. The van der Waals surface area contributed by atoms with Crippen LogP contribution in [0.3, 0.4) is 0 Å². The van der Waals surface area contributed by atoms with E-state index in [0.29, 0.717) is 23.7 Å². The quantitative estimate of drug-likeness (QED) is 0.837. The average Bonchev–Trinajstić information content (AvgIpc) is 3.37. The number of nitrogens with zero attached hydrogens (tertiary/aromatic N) is 4. The molecule has 1 amide bonds. The molecule has 0 aromatic carbocycles. The van der Waals surface area contributed by atoms with Crippen LogP contribution in [-0.2, 0) is 17.6 Å². The first-order valence-electron chi connectivity index (χ1n) is 10.6. The van der Waals surface area contributed by atoms with Crippen molar-refractivity contribution < 1.29 is 4.79 Å². The molecule has 2 atom stereocenters. The van der Waals surface area contributed by atoms with Gasteiger partial charge in [0.05, 0.1) is 0 Å². The van der Waals surface area contributed by atoms with E-state index in [2.05, 4.69) is 14.8 Å². The van der Waals surface area contributed by atoms with Gasteiger partial charge in [0.2, 0.25) is 5.91 Å². The number of hydrogen-bond donors (Lipinski definition) is 0. The molecule has 3 heterocycles. The van der Waals surface area contributed by atoms with Crippen molar-refractivity contribution in [2.45, 2.75) is 58.3 Å². The van der Waals surface area contributed by atoms with Crippen molar-refractivity contribution in [1.82, 2.24) is 14.9 Å². The molecule has 0 spiro atoms. The summed E-state index contributed by atoms with van der Waals surface area (Å²) in [5, 5.41) is 0. The highest BCUT2D eigenvalue weighted by Gasteiger charge is 2.43. The second-order valence-electron chi connectivity index (χ2n) is 8.95. The molecule has 2 unspecified atom stereocenters. The van der Waals surface area contributed by atoms with Crippen LogP contribution in [0.2, 0.25) is 0 Å². The molecule has 140 valence electrons. The minimum atomic E-state index is 0.414. The molecule has 5 heteroatoms. The first-order valence-corrected chi connectivity index (χ1v) is 10.6. The Labute approximate surface area is 156 Å². The van der Waals surface area contributed by atoms with Crippen LogP contribution in [0.4, 0.5) is 5.82 Å². The second kappa shape index (κ2) is 6.50. The zero-order chi connectivity index (χ0) is 17.7. The molecule has 26 heavy (non-hydrogen) atoms. The fourth-order valence-electron chi connectivity index (χ4n) is 5.75. The number of carbonyl (C=O) groups excluding carboxylic acids is 1. The van der Waals surface area contributed by atoms with Gasteiger partial charge in [-0.15, -0.1) is 0 Å². The molecule has 0 radical (unpaired) electrons. The van der Waals surface area contributed by atoms with Crippen molar-refractivity contribution in [1.29, 1.82) is 0 Å². The molecule has 1 aromatic rings. The molecular formula is C21H30N4O. The van der Waals surface area contributed by atoms with Gasteiger partial charge in [0, 0.05) is 55.7 Å². The summed E-state index contributed by atoms with van der Waals surface area (Å²) < 4.78 is 0. The number of aryl methyl sites for hydroxylation is 2. The summed E-state index contributed by atoms with van der Waals surface area (Å²) >= 11 is 0. The van der Waals surface area contributed by atoms with Gasteiger partial charge in [0.25, 0.3) is 0 Å². The highest BCUT2D eigenvalue weighted by molar-refractivity contribution is 5.77. The van der Waals surface area contributed by atoms with Gasteiger partial charge < -0.3 is 9.80 Å². The smallest absolute Gasteiger partial charge is 0.222 e. The lowest BCUT2D eigenvalue weighted by Gasteiger charge is -2.25. The van der Waals surface area contributed by atoms with Crippen LogP contribution in [-0.4, -0.2) is 47.0 Å². The monoisotopic (exact) mass is 354 g/mol. The SMILES string of the molecule is Cc1nc2c(c(N3CC4CN(C(=O)CC5CCCC5)CC4C3)n1)CCC2. The molecular weight excluding hydrogens is 324 g/mol. The summed E-state index contributed by atoms with van der Waals surface area (Å²) in [5.74, 6) is 4.42. The van der Waals surface area contributed by atoms with Crippen molar-refractivity contribution in [3.05, 3.63) is 17.1 Å². The Balaban J connectivity index is 1.24. The van der Waals surface area contributed by atoms with E-state index in [-0.39, 0.29) is 0 Å². The maximum atomic E-state index is 12.7. The topological polar surface area (TPSA) is 49.3 Å². The fourth-order valence-corrected chi connectivity index (χ4v) is 5.75. The minimum absolute atomic E-state index is 0.414. The van der Waals surface area contributed by atoms with Crippen LogP contribution in [0.1, 0.15) is 55.6 Å². The first kappa shape index (κ1) is 16.5. The molecule has 2 saturated heterocycles. The van der Waals surface area contributed by atoms with E-state index < -0.39 is 0 Å². The molecule has 0 N–H and O–H groups in total. The maximum absolute atomic E-state index is 12.7. The molecule has 2 aliphatic carbocycles. The zero-order valence-electron chi connectivity index (χ0n) is 15.9. The summed E-state index contributed by atoms with van der Waals surface area (Å²) in [6, 6.07) is 0.